The summed E-state index contributed by atoms with van der Waals surface area (Å²) in [6.45, 7) is 1.45. The van der Waals surface area contributed by atoms with Crippen molar-refractivity contribution in [2.45, 2.75) is 13.3 Å². The first kappa shape index (κ1) is 21.6. The Morgan fingerprint density at radius 2 is 1.72 bits per heavy atom. The van der Waals surface area contributed by atoms with E-state index in [2.05, 4.69) is 15.8 Å². The number of hydrogen-bond donors (Lipinski definition) is 3. The minimum absolute atomic E-state index is 0.0819. The number of anilines is 1. The number of allylic oxidation sites excluding steroid dienone is 1. The number of nitrogens with two attached hydrogens (primary N) is 1. The fourth-order valence-corrected chi connectivity index (χ4v) is 2.31. The summed E-state index contributed by atoms with van der Waals surface area (Å²) >= 11 is 4.69. The van der Waals surface area contributed by atoms with Crippen LogP contribution in [0.2, 0.25) is 0 Å². The molecule has 2 aromatic carbocycles. The second-order valence-corrected chi connectivity index (χ2v) is 6.45. The van der Waals surface area contributed by atoms with Gasteiger partial charge in [-0.15, -0.1) is 0 Å². The maximum Gasteiger partial charge on any atom is 0.272 e. The van der Waals surface area contributed by atoms with Gasteiger partial charge in [-0.3, -0.25) is 19.8 Å². The molecule has 0 aliphatic rings. The third-order valence-electron chi connectivity index (χ3n) is 3.72. The minimum atomic E-state index is -0.592. The molecule has 0 spiro atoms. The van der Waals surface area contributed by atoms with Crippen LogP contribution in [-0.4, -0.2) is 28.3 Å². The molecule has 1 amide bonds. The zero-order chi connectivity index (χ0) is 21.2. The zero-order valence-electron chi connectivity index (χ0n) is 15.7. The molecule has 0 saturated carbocycles. The molecule has 2 rings (SSSR count). The molecule has 0 fully saturated rings. The average Bonchev–Trinajstić information content (AvgIpc) is 2.70. The Kier molecular flexibility index (Phi) is 7.93. The fraction of sp³-hybridized carbons (Fsp3) is 0.0952. The zero-order valence-corrected chi connectivity index (χ0v) is 16.5. The molecule has 0 aliphatic carbocycles. The molecule has 2 aromatic rings. The number of carbonyl (C=O) groups is 3. The van der Waals surface area contributed by atoms with E-state index in [9.17, 15) is 14.4 Å². The molecule has 0 aliphatic heterocycles. The maximum atomic E-state index is 12.5. The van der Waals surface area contributed by atoms with Crippen molar-refractivity contribution in [3.63, 3.8) is 0 Å². The van der Waals surface area contributed by atoms with Gasteiger partial charge in [0.25, 0.3) is 5.91 Å². The van der Waals surface area contributed by atoms with E-state index >= 15 is 0 Å². The van der Waals surface area contributed by atoms with Crippen LogP contribution in [0, 0.1) is 0 Å². The van der Waals surface area contributed by atoms with Gasteiger partial charge in [-0.25, -0.2) is 0 Å². The number of hydrazone groups is 1. The lowest BCUT2D eigenvalue weighted by Gasteiger charge is -2.08. The molecular weight excluding hydrogens is 388 g/mol. The van der Waals surface area contributed by atoms with Crippen LogP contribution in [0.25, 0.3) is 6.08 Å². The van der Waals surface area contributed by atoms with Crippen molar-refractivity contribution in [3.05, 3.63) is 71.8 Å². The Labute approximate surface area is 173 Å². The van der Waals surface area contributed by atoms with Crippen LogP contribution in [0.15, 0.2) is 65.8 Å². The van der Waals surface area contributed by atoms with Crippen LogP contribution in [0.5, 0.6) is 0 Å². The Balaban J connectivity index is 2.10. The fourth-order valence-electron chi connectivity index (χ4n) is 2.26. The quantitative estimate of drug-likeness (QED) is 0.203. The van der Waals surface area contributed by atoms with Crippen molar-refractivity contribution in [1.82, 2.24) is 5.43 Å². The molecule has 148 valence electrons. The monoisotopic (exact) mass is 408 g/mol. The van der Waals surface area contributed by atoms with Crippen molar-refractivity contribution >= 4 is 52.3 Å². The first-order valence-electron chi connectivity index (χ1n) is 8.65. The Morgan fingerprint density at radius 1 is 1.07 bits per heavy atom. The highest BCUT2D eigenvalue weighted by molar-refractivity contribution is 7.80. The van der Waals surface area contributed by atoms with Crippen molar-refractivity contribution in [2.24, 2.45) is 10.8 Å². The van der Waals surface area contributed by atoms with Crippen molar-refractivity contribution in [3.8, 4) is 0 Å². The highest BCUT2D eigenvalue weighted by atomic mass is 32.1. The maximum absolute atomic E-state index is 12.5. The molecular formula is C21H20N4O3S. The molecule has 0 unspecified atom stereocenters. The van der Waals surface area contributed by atoms with Gasteiger partial charge in [0, 0.05) is 11.3 Å². The van der Waals surface area contributed by atoms with Crippen LogP contribution in [0.1, 0.15) is 29.3 Å². The molecule has 29 heavy (non-hydrogen) atoms. The Hall–Kier alpha value is -3.65. The van der Waals surface area contributed by atoms with E-state index in [0.29, 0.717) is 11.3 Å². The molecule has 4 N–H and O–H groups in total. The first-order chi connectivity index (χ1) is 13.8. The summed E-state index contributed by atoms with van der Waals surface area (Å²) in [6, 6.07) is 15.6. The highest BCUT2D eigenvalue weighted by Crippen LogP contribution is 2.11. The summed E-state index contributed by atoms with van der Waals surface area (Å²) in [5, 5.41) is 6.34. The number of hydrogen-bond acceptors (Lipinski definition) is 5. The number of rotatable bonds is 8. The highest BCUT2D eigenvalue weighted by Gasteiger charge is 2.16. The summed E-state index contributed by atoms with van der Waals surface area (Å²) in [6.07, 6.45) is 2.77. The van der Waals surface area contributed by atoms with Crippen molar-refractivity contribution < 1.29 is 14.4 Å². The number of Topliss-reactive ketones (excluding diaryl/α,β-unsaturated/α-hetero) is 1. The molecule has 0 saturated heterocycles. The SMILES string of the molecule is CC(=O)c1ccc(NC(=O)/C(CC(=O)/C=C/c2ccccc2)=N\NC(N)=S)cc1. The first-order valence-corrected chi connectivity index (χ1v) is 9.06. The van der Waals surface area contributed by atoms with Gasteiger partial charge in [0.2, 0.25) is 0 Å². The van der Waals surface area contributed by atoms with E-state index in [1.807, 2.05) is 30.3 Å². The topological polar surface area (TPSA) is 114 Å². The molecule has 8 heteroatoms. The molecule has 7 nitrogen and oxygen atoms in total. The average molecular weight is 408 g/mol. The van der Waals surface area contributed by atoms with E-state index in [1.54, 1.807) is 30.3 Å². The lowest BCUT2D eigenvalue weighted by atomic mass is 10.1. The summed E-state index contributed by atoms with van der Waals surface area (Å²) in [5.41, 5.74) is 9.43. The second-order valence-electron chi connectivity index (χ2n) is 6.01. The normalized spacial score (nSPS) is 11.1. The summed E-state index contributed by atoms with van der Waals surface area (Å²) in [5.74, 6) is -0.994. The molecule has 0 radical (unpaired) electrons. The number of nitrogens with one attached hydrogen (secondary N) is 2. The number of amides is 1. The lowest BCUT2D eigenvalue weighted by Crippen LogP contribution is -2.31. The van der Waals surface area contributed by atoms with E-state index in [-0.39, 0.29) is 28.8 Å². The number of nitrogens with zero attached hydrogens (tertiary/aromatic N) is 1. The molecule has 0 bridgehead atoms. The largest absolute Gasteiger partial charge is 0.375 e. The predicted molar refractivity (Wildman–Crippen MR) is 118 cm³/mol. The Morgan fingerprint density at radius 3 is 2.31 bits per heavy atom. The van der Waals surface area contributed by atoms with E-state index in [1.165, 1.54) is 13.0 Å². The summed E-state index contributed by atoms with van der Waals surface area (Å²) in [7, 11) is 0. The second kappa shape index (κ2) is 10.6. The van der Waals surface area contributed by atoms with Crippen LogP contribution in [0.3, 0.4) is 0 Å². The molecule has 0 atom stereocenters. The Bertz CT molecular complexity index is 967. The predicted octanol–water partition coefficient (Wildman–Crippen LogP) is 2.69. The van der Waals surface area contributed by atoms with Gasteiger partial charge in [-0.2, -0.15) is 5.10 Å². The minimum Gasteiger partial charge on any atom is -0.375 e. The van der Waals surface area contributed by atoms with Crippen LogP contribution in [0.4, 0.5) is 5.69 Å². The van der Waals surface area contributed by atoms with Gasteiger partial charge in [0.1, 0.15) is 5.71 Å². The van der Waals surface area contributed by atoms with Crippen LogP contribution >= 0.6 is 12.2 Å². The van der Waals surface area contributed by atoms with Crippen molar-refractivity contribution in [1.29, 1.82) is 0 Å². The summed E-state index contributed by atoms with van der Waals surface area (Å²) in [4.78, 5) is 36.2. The van der Waals surface area contributed by atoms with Gasteiger partial charge in [0.15, 0.2) is 16.7 Å². The van der Waals surface area contributed by atoms with Gasteiger partial charge in [0.05, 0.1) is 6.42 Å². The van der Waals surface area contributed by atoms with Crippen molar-refractivity contribution in [2.75, 3.05) is 5.32 Å². The number of ketones is 2. The van der Waals surface area contributed by atoms with E-state index < -0.39 is 5.91 Å². The van der Waals surface area contributed by atoms with Crippen LogP contribution in [-0.2, 0) is 9.59 Å². The van der Waals surface area contributed by atoms with Gasteiger partial charge >= 0.3 is 0 Å². The number of carbonyl (C=O) groups excluding carboxylic acids is 3. The molecule has 0 heterocycles. The number of benzene rings is 2. The summed E-state index contributed by atoms with van der Waals surface area (Å²) < 4.78 is 0. The number of thiocarbonyl (C=S) groups is 1. The smallest absolute Gasteiger partial charge is 0.272 e. The molecule has 0 aromatic heterocycles. The third-order valence-corrected chi connectivity index (χ3v) is 3.81. The van der Waals surface area contributed by atoms with E-state index in [0.717, 1.165) is 5.56 Å². The third kappa shape index (κ3) is 7.47. The standard InChI is InChI=1S/C21H20N4O3S/c1-14(26)16-8-10-17(11-9-16)23-20(28)19(24-25-21(22)29)13-18(27)12-7-15-5-3-2-4-6-15/h2-12H,13H2,1H3,(H,23,28)(H3,22,25,29)/b12-7+,24-19-. The van der Waals surface area contributed by atoms with E-state index in [4.69, 9.17) is 18.0 Å². The van der Waals surface area contributed by atoms with Gasteiger partial charge in [-0.1, -0.05) is 36.4 Å². The lowest BCUT2D eigenvalue weighted by molar-refractivity contribution is -0.115. The van der Waals surface area contributed by atoms with Crippen LogP contribution < -0.4 is 16.5 Å². The van der Waals surface area contributed by atoms with Gasteiger partial charge < -0.3 is 11.1 Å². The van der Waals surface area contributed by atoms with Gasteiger partial charge in [-0.05, 0) is 55.0 Å².